The van der Waals surface area contributed by atoms with Crippen molar-refractivity contribution in [1.82, 2.24) is 4.90 Å². The monoisotopic (exact) mass is 376 g/mol. The summed E-state index contributed by atoms with van der Waals surface area (Å²) in [6, 6.07) is 19.3. The van der Waals surface area contributed by atoms with E-state index in [0.717, 1.165) is 33.1 Å². The van der Waals surface area contributed by atoms with Crippen LogP contribution in [0.5, 0.6) is 0 Å². The molecule has 0 unspecified atom stereocenters. The van der Waals surface area contributed by atoms with Crippen molar-refractivity contribution in [3.05, 3.63) is 78.2 Å². The van der Waals surface area contributed by atoms with E-state index in [2.05, 4.69) is 6.92 Å². The minimum atomic E-state index is -0.0131. The summed E-state index contributed by atoms with van der Waals surface area (Å²) < 4.78 is 6.14. The van der Waals surface area contributed by atoms with Gasteiger partial charge in [-0.05, 0) is 42.3 Å². The van der Waals surface area contributed by atoms with E-state index in [0.29, 0.717) is 23.6 Å². The number of halogens is 1. The molecule has 1 amide bonds. The van der Waals surface area contributed by atoms with E-state index in [-0.39, 0.29) is 5.91 Å². The Morgan fingerprint density at radius 3 is 2.67 bits per heavy atom. The molecule has 27 heavy (non-hydrogen) atoms. The van der Waals surface area contributed by atoms with E-state index >= 15 is 0 Å². The molecule has 4 aromatic rings. The standard InChI is InChI=1S/C23H19ClNO2/c1-3-12-25(2)23(26)16-10-11-21-20(14-16)19-9-5-8-18(22(19)27-21)15-6-4-7-17(24)13-15/h4-11,13-14H,1,3,12H2,2H3. The average molecular weight is 377 g/mol. The number of carbonyl (C=O) groups excluding carboxylic acids is 1. The molecule has 4 rings (SSSR count). The second-order valence-electron chi connectivity index (χ2n) is 6.59. The van der Waals surface area contributed by atoms with E-state index in [1.807, 2.05) is 60.7 Å². The van der Waals surface area contributed by atoms with Gasteiger partial charge in [0.15, 0.2) is 0 Å². The van der Waals surface area contributed by atoms with Gasteiger partial charge in [-0.15, -0.1) is 0 Å². The molecule has 0 bridgehead atoms. The Kier molecular flexibility index (Phi) is 4.63. The maximum atomic E-state index is 12.6. The summed E-state index contributed by atoms with van der Waals surface area (Å²) in [5.74, 6) is -0.0131. The largest absolute Gasteiger partial charge is 0.455 e. The normalized spacial score (nSPS) is 11.2. The highest BCUT2D eigenvalue weighted by Gasteiger charge is 2.16. The highest BCUT2D eigenvalue weighted by Crippen LogP contribution is 2.36. The van der Waals surface area contributed by atoms with Gasteiger partial charge >= 0.3 is 0 Å². The first-order valence-corrected chi connectivity index (χ1v) is 9.22. The van der Waals surface area contributed by atoms with Crippen LogP contribution in [0.2, 0.25) is 5.02 Å². The fourth-order valence-electron chi connectivity index (χ4n) is 3.37. The van der Waals surface area contributed by atoms with Gasteiger partial charge in [-0.2, -0.15) is 0 Å². The maximum absolute atomic E-state index is 12.6. The third kappa shape index (κ3) is 3.19. The van der Waals surface area contributed by atoms with Crippen molar-refractivity contribution in [3.8, 4) is 11.1 Å². The Hall–Kier alpha value is -2.78. The van der Waals surface area contributed by atoms with Gasteiger partial charge in [-0.1, -0.05) is 48.9 Å². The third-order valence-electron chi connectivity index (χ3n) is 4.72. The summed E-state index contributed by atoms with van der Waals surface area (Å²) in [5.41, 5.74) is 4.18. The van der Waals surface area contributed by atoms with Crippen LogP contribution in [-0.4, -0.2) is 24.4 Å². The number of hydrogen-bond acceptors (Lipinski definition) is 2. The lowest BCUT2D eigenvalue weighted by Crippen LogP contribution is -2.27. The zero-order valence-corrected chi connectivity index (χ0v) is 15.8. The quantitative estimate of drug-likeness (QED) is 0.424. The van der Waals surface area contributed by atoms with Crippen molar-refractivity contribution in [3.63, 3.8) is 0 Å². The van der Waals surface area contributed by atoms with Gasteiger partial charge in [0.2, 0.25) is 0 Å². The van der Waals surface area contributed by atoms with Crippen LogP contribution >= 0.6 is 11.6 Å². The molecule has 1 aromatic heterocycles. The van der Waals surface area contributed by atoms with Crippen molar-refractivity contribution in [1.29, 1.82) is 0 Å². The van der Waals surface area contributed by atoms with E-state index in [4.69, 9.17) is 16.0 Å². The molecule has 0 fully saturated rings. The summed E-state index contributed by atoms with van der Waals surface area (Å²) >= 11 is 6.16. The average Bonchev–Trinajstić information content (AvgIpc) is 3.05. The van der Waals surface area contributed by atoms with Gasteiger partial charge in [0, 0.05) is 40.5 Å². The summed E-state index contributed by atoms with van der Waals surface area (Å²) in [6.45, 7) is 4.44. The predicted octanol–water partition coefficient (Wildman–Crippen LogP) is 6.20. The van der Waals surface area contributed by atoms with Crippen molar-refractivity contribution >= 4 is 39.4 Å². The number of benzene rings is 3. The molecule has 0 spiro atoms. The van der Waals surface area contributed by atoms with Gasteiger partial charge in [-0.3, -0.25) is 4.79 Å². The van der Waals surface area contributed by atoms with Crippen LogP contribution in [-0.2, 0) is 0 Å². The maximum Gasteiger partial charge on any atom is 0.253 e. The first-order chi connectivity index (χ1) is 13.1. The van der Waals surface area contributed by atoms with E-state index < -0.39 is 0 Å². The molecule has 4 heteroatoms. The predicted molar refractivity (Wildman–Crippen MR) is 111 cm³/mol. The van der Waals surface area contributed by atoms with Gasteiger partial charge < -0.3 is 9.32 Å². The van der Waals surface area contributed by atoms with Crippen molar-refractivity contribution in [2.75, 3.05) is 13.6 Å². The number of hydrogen-bond donors (Lipinski definition) is 0. The Labute approximate surface area is 163 Å². The third-order valence-corrected chi connectivity index (χ3v) is 4.95. The van der Waals surface area contributed by atoms with Gasteiger partial charge in [0.25, 0.3) is 5.91 Å². The fraction of sp³-hybridized carbons (Fsp3) is 0.130. The van der Waals surface area contributed by atoms with Crippen LogP contribution in [0.25, 0.3) is 33.1 Å². The highest BCUT2D eigenvalue weighted by molar-refractivity contribution is 6.31. The minimum absolute atomic E-state index is 0.0131. The Bertz CT molecular complexity index is 1150. The number of nitrogens with zero attached hydrogens (tertiary/aromatic N) is 1. The molecule has 0 aliphatic rings. The summed E-state index contributed by atoms with van der Waals surface area (Å²) in [6.07, 6.45) is 0.683. The molecular weight excluding hydrogens is 358 g/mol. The number of furan rings is 1. The Morgan fingerprint density at radius 2 is 1.89 bits per heavy atom. The molecule has 0 saturated heterocycles. The zero-order valence-electron chi connectivity index (χ0n) is 15.0. The van der Waals surface area contributed by atoms with Crippen LogP contribution in [0.1, 0.15) is 16.8 Å². The number of amides is 1. The molecule has 135 valence electrons. The molecule has 0 aliphatic heterocycles. The van der Waals surface area contributed by atoms with Gasteiger partial charge in [0.05, 0.1) is 0 Å². The number of rotatable bonds is 4. The molecule has 0 atom stereocenters. The number of fused-ring (bicyclic) bond motifs is 3. The summed E-state index contributed by atoms with van der Waals surface area (Å²) in [4.78, 5) is 14.3. The molecule has 0 N–H and O–H groups in total. The second kappa shape index (κ2) is 7.09. The lowest BCUT2D eigenvalue weighted by molar-refractivity contribution is 0.0797. The van der Waals surface area contributed by atoms with Gasteiger partial charge in [0.1, 0.15) is 11.2 Å². The summed E-state index contributed by atoms with van der Waals surface area (Å²) in [7, 11) is 1.79. The Morgan fingerprint density at radius 1 is 1.07 bits per heavy atom. The van der Waals surface area contributed by atoms with E-state index in [1.54, 1.807) is 11.9 Å². The van der Waals surface area contributed by atoms with E-state index in [1.165, 1.54) is 0 Å². The SMILES string of the molecule is [CH2]CCN(C)C(=O)c1ccc2oc3c(-c4cccc(Cl)c4)cccc3c2c1. The van der Waals surface area contributed by atoms with Crippen LogP contribution < -0.4 is 0 Å². The molecule has 1 radical (unpaired) electrons. The van der Waals surface area contributed by atoms with Gasteiger partial charge in [-0.25, -0.2) is 0 Å². The van der Waals surface area contributed by atoms with Crippen LogP contribution in [0.4, 0.5) is 0 Å². The van der Waals surface area contributed by atoms with Crippen molar-refractivity contribution in [2.24, 2.45) is 0 Å². The van der Waals surface area contributed by atoms with Crippen molar-refractivity contribution in [2.45, 2.75) is 6.42 Å². The van der Waals surface area contributed by atoms with Crippen LogP contribution in [0, 0.1) is 6.92 Å². The first kappa shape index (κ1) is 17.6. The molecule has 0 aliphatic carbocycles. The molecule has 3 nitrogen and oxygen atoms in total. The highest BCUT2D eigenvalue weighted by atomic mass is 35.5. The lowest BCUT2D eigenvalue weighted by Gasteiger charge is -2.15. The molecule has 0 saturated carbocycles. The van der Waals surface area contributed by atoms with Crippen molar-refractivity contribution < 1.29 is 9.21 Å². The topological polar surface area (TPSA) is 33.5 Å². The molecular formula is C23H19ClNO2. The fourth-order valence-corrected chi connectivity index (χ4v) is 3.56. The number of carbonyl (C=O) groups is 1. The number of para-hydroxylation sites is 1. The minimum Gasteiger partial charge on any atom is -0.455 e. The molecule has 1 heterocycles. The zero-order chi connectivity index (χ0) is 19.0. The lowest BCUT2D eigenvalue weighted by atomic mass is 10.0. The van der Waals surface area contributed by atoms with Crippen LogP contribution in [0.15, 0.2) is 65.1 Å². The smallest absolute Gasteiger partial charge is 0.253 e. The van der Waals surface area contributed by atoms with E-state index in [9.17, 15) is 4.79 Å². The summed E-state index contributed by atoms with van der Waals surface area (Å²) in [5, 5.41) is 2.60. The second-order valence-corrected chi connectivity index (χ2v) is 7.02. The Balaban J connectivity index is 1.87. The van der Waals surface area contributed by atoms with Crippen LogP contribution in [0.3, 0.4) is 0 Å². The first-order valence-electron chi connectivity index (χ1n) is 8.84. The molecule has 3 aromatic carbocycles.